The van der Waals surface area contributed by atoms with Crippen LogP contribution in [-0.2, 0) is 11.3 Å². The maximum Gasteiger partial charge on any atom is 0.325 e. The molecule has 2 rings (SSSR count). The van der Waals surface area contributed by atoms with Gasteiger partial charge in [-0.2, -0.15) is 0 Å². The van der Waals surface area contributed by atoms with Gasteiger partial charge in [-0.1, -0.05) is 6.07 Å². The smallest absolute Gasteiger partial charge is 0.325 e. The summed E-state index contributed by atoms with van der Waals surface area (Å²) in [5.41, 5.74) is 1.22. The van der Waals surface area contributed by atoms with Gasteiger partial charge in [0, 0.05) is 12.2 Å². The molecule has 0 bridgehead atoms. The molecule has 27 heavy (non-hydrogen) atoms. The van der Waals surface area contributed by atoms with Crippen molar-refractivity contribution in [2.75, 3.05) is 33.1 Å². The summed E-state index contributed by atoms with van der Waals surface area (Å²) >= 11 is 0. The molecule has 0 aromatic heterocycles. The van der Waals surface area contributed by atoms with Crippen molar-refractivity contribution in [3.63, 3.8) is 0 Å². The van der Waals surface area contributed by atoms with E-state index in [-0.39, 0.29) is 12.3 Å². The van der Waals surface area contributed by atoms with Gasteiger partial charge in [-0.3, -0.25) is 15.0 Å². The second-order valence-corrected chi connectivity index (χ2v) is 5.87. The highest BCUT2D eigenvalue weighted by atomic mass is 19.1. The molecule has 0 spiro atoms. The molecule has 0 unspecified atom stereocenters. The summed E-state index contributed by atoms with van der Waals surface area (Å²) in [6.45, 7) is 0.318. The van der Waals surface area contributed by atoms with Crippen LogP contribution in [0.5, 0.6) is 11.5 Å². The minimum absolute atomic E-state index is 0.0241. The van der Waals surface area contributed by atoms with E-state index in [1.807, 2.05) is 0 Å². The Hall–Kier alpha value is -3.13. The molecular weight excluding hydrogens is 353 g/mol. The standard InChI is InChI=1S/C19H22FN3O4/c1-23(11-13-4-9-17(27-3)16(20)10-13)12-18(24)22-19(25)21-14-5-7-15(26-2)8-6-14/h4-10H,11-12H2,1-3H3,(H2,21,22,24,25). The lowest BCUT2D eigenvalue weighted by Gasteiger charge is -2.16. The highest BCUT2D eigenvalue weighted by Crippen LogP contribution is 2.18. The molecule has 7 nitrogen and oxygen atoms in total. The predicted octanol–water partition coefficient (Wildman–Crippen LogP) is 2.62. The molecule has 3 amide bonds. The Kier molecular flexibility index (Phi) is 7.13. The Balaban J connectivity index is 1.81. The number of carbonyl (C=O) groups is 2. The van der Waals surface area contributed by atoms with E-state index in [2.05, 4.69) is 10.6 Å². The third-order valence-corrected chi connectivity index (χ3v) is 3.68. The molecule has 8 heteroatoms. The Bertz CT molecular complexity index is 796. The third kappa shape index (κ3) is 6.27. The highest BCUT2D eigenvalue weighted by Gasteiger charge is 2.12. The zero-order chi connectivity index (χ0) is 19.8. The molecule has 0 saturated carbocycles. The summed E-state index contributed by atoms with van der Waals surface area (Å²) in [4.78, 5) is 25.5. The zero-order valence-electron chi connectivity index (χ0n) is 15.4. The van der Waals surface area contributed by atoms with Crippen molar-refractivity contribution >= 4 is 17.6 Å². The number of urea groups is 1. The summed E-state index contributed by atoms with van der Waals surface area (Å²) < 4.78 is 23.6. The number of hydrogen-bond donors (Lipinski definition) is 2. The minimum atomic E-state index is -0.631. The molecule has 0 heterocycles. The monoisotopic (exact) mass is 375 g/mol. The van der Waals surface area contributed by atoms with Crippen LogP contribution in [0.4, 0.5) is 14.9 Å². The Morgan fingerprint density at radius 1 is 1.07 bits per heavy atom. The summed E-state index contributed by atoms with van der Waals surface area (Å²) in [7, 11) is 4.64. The average molecular weight is 375 g/mol. The number of rotatable bonds is 7. The van der Waals surface area contributed by atoms with Gasteiger partial charge in [-0.15, -0.1) is 0 Å². The number of halogens is 1. The second-order valence-electron chi connectivity index (χ2n) is 5.87. The van der Waals surface area contributed by atoms with Gasteiger partial charge in [0.1, 0.15) is 5.75 Å². The Labute approximate surface area is 157 Å². The first kappa shape index (κ1) is 20.2. The Morgan fingerprint density at radius 3 is 2.37 bits per heavy atom. The number of imide groups is 1. The minimum Gasteiger partial charge on any atom is -0.497 e. The number of amides is 3. The van der Waals surface area contributed by atoms with Gasteiger partial charge in [0.15, 0.2) is 11.6 Å². The van der Waals surface area contributed by atoms with E-state index in [1.165, 1.54) is 19.2 Å². The molecule has 0 aliphatic carbocycles. The maximum atomic E-state index is 13.7. The van der Waals surface area contributed by atoms with Crippen LogP contribution in [0.1, 0.15) is 5.56 Å². The highest BCUT2D eigenvalue weighted by molar-refractivity contribution is 6.01. The van der Waals surface area contributed by atoms with Crippen LogP contribution in [0.2, 0.25) is 0 Å². The first-order valence-corrected chi connectivity index (χ1v) is 8.17. The fourth-order valence-electron chi connectivity index (χ4n) is 2.42. The van der Waals surface area contributed by atoms with Crippen LogP contribution >= 0.6 is 0 Å². The molecule has 0 aliphatic heterocycles. The van der Waals surface area contributed by atoms with E-state index in [0.717, 1.165) is 0 Å². The van der Waals surface area contributed by atoms with Gasteiger partial charge in [-0.25, -0.2) is 9.18 Å². The molecule has 2 aromatic carbocycles. The molecule has 2 N–H and O–H groups in total. The molecule has 0 saturated heterocycles. The van der Waals surface area contributed by atoms with E-state index < -0.39 is 17.8 Å². The molecule has 2 aromatic rings. The summed E-state index contributed by atoms with van der Waals surface area (Å²) in [6, 6.07) is 10.7. The quantitative estimate of drug-likeness (QED) is 0.778. The van der Waals surface area contributed by atoms with E-state index >= 15 is 0 Å². The lowest BCUT2D eigenvalue weighted by molar-refractivity contribution is -0.120. The van der Waals surface area contributed by atoms with Crippen LogP contribution < -0.4 is 20.1 Å². The lowest BCUT2D eigenvalue weighted by Crippen LogP contribution is -2.40. The third-order valence-electron chi connectivity index (χ3n) is 3.68. The molecule has 144 valence electrons. The van der Waals surface area contributed by atoms with Gasteiger partial charge in [0.2, 0.25) is 5.91 Å². The van der Waals surface area contributed by atoms with Crippen LogP contribution in [0.3, 0.4) is 0 Å². The largest absolute Gasteiger partial charge is 0.497 e. The van der Waals surface area contributed by atoms with Crippen molar-refractivity contribution in [3.05, 3.63) is 53.8 Å². The lowest BCUT2D eigenvalue weighted by atomic mass is 10.2. The number of hydrogen-bond acceptors (Lipinski definition) is 5. The normalized spacial score (nSPS) is 10.4. The van der Waals surface area contributed by atoms with Gasteiger partial charge in [0.05, 0.1) is 20.8 Å². The number of ether oxygens (including phenoxy) is 2. The van der Waals surface area contributed by atoms with Gasteiger partial charge in [-0.05, 0) is 49.0 Å². The first-order valence-electron chi connectivity index (χ1n) is 8.17. The molecule has 0 aliphatic rings. The number of benzene rings is 2. The number of anilines is 1. The van der Waals surface area contributed by atoms with Crippen molar-refractivity contribution in [3.8, 4) is 11.5 Å². The van der Waals surface area contributed by atoms with Crippen molar-refractivity contribution < 1.29 is 23.5 Å². The number of methoxy groups -OCH3 is 2. The van der Waals surface area contributed by atoms with E-state index in [1.54, 1.807) is 49.4 Å². The first-order chi connectivity index (χ1) is 12.9. The van der Waals surface area contributed by atoms with Crippen molar-refractivity contribution in [2.45, 2.75) is 6.54 Å². The number of nitrogens with one attached hydrogen (secondary N) is 2. The van der Waals surface area contributed by atoms with Crippen molar-refractivity contribution in [2.24, 2.45) is 0 Å². The Morgan fingerprint density at radius 2 is 1.78 bits per heavy atom. The van der Waals surface area contributed by atoms with Gasteiger partial charge >= 0.3 is 6.03 Å². The summed E-state index contributed by atoms with van der Waals surface area (Å²) in [5, 5.41) is 4.81. The zero-order valence-corrected chi connectivity index (χ0v) is 15.4. The van der Waals surface area contributed by atoms with E-state index in [0.29, 0.717) is 23.5 Å². The molecule has 0 radical (unpaired) electrons. The average Bonchev–Trinajstić information content (AvgIpc) is 2.62. The number of likely N-dealkylation sites (N-methyl/N-ethyl adjacent to an activating group) is 1. The van der Waals surface area contributed by atoms with Crippen molar-refractivity contribution in [1.82, 2.24) is 10.2 Å². The fourth-order valence-corrected chi connectivity index (χ4v) is 2.42. The van der Waals surface area contributed by atoms with Crippen LogP contribution in [-0.4, -0.2) is 44.7 Å². The summed E-state index contributed by atoms with van der Waals surface area (Å²) in [6.07, 6.45) is 0. The molecule has 0 atom stereocenters. The van der Waals surface area contributed by atoms with E-state index in [9.17, 15) is 14.0 Å². The van der Waals surface area contributed by atoms with Crippen LogP contribution in [0.15, 0.2) is 42.5 Å². The second kappa shape index (κ2) is 9.54. The van der Waals surface area contributed by atoms with Crippen molar-refractivity contribution in [1.29, 1.82) is 0 Å². The number of nitrogens with zero attached hydrogens (tertiary/aromatic N) is 1. The molecular formula is C19H22FN3O4. The van der Waals surface area contributed by atoms with Gasteiger partial charge in [0.25, 0.3) is 0 Å². The topological polar surface area (TPSA) is 79.9 Å². The summed E-state index contributed by atoms with van der Waals surface area (Å²) in [5.74, 6) is -0.118. The van der Waals surface area contributed by atoms with E-state index in [4.69, 9.17) is 9.47 Å². The van der Waals surface area contributed by atoms with Crippen LogP contribution in [0, 0.1) is 5.82 Å². The maximum absolute atomic E-state index is 13.7. The number of carbonyl (C=O) groups excluding carboxylic acids is 2. The predicted molar refractivity (Wildman–Crippen MR) is 99.4 cm³/mol. The van der Waals surface area contributed by atoms with Crippen LogP contribution in [0.25, 0.3) is 0 Å². The van der Waals surface area contributed by atoms with Gasteiger partial charge < -0.3 is 14.8 Å². The fraction of sp³-hybridized carbons (Fsp3) is 0.263. The molecule has 0 fully saturated rings. The SMILES string of the molecule is COc1ccc(NC(=O)NC(=O)CN(C)Cc2ccc(OC)c(F)c2)cc1.